The monoisotopic (exact) mass is 245 g/mol. The number of benzene rings is 1. The first kappa shape index (κ1) is 13.3. The van der Waals surface area contributed by atoms with E-state index in [1.165, 1.54) is 25.9 Å². The maximum atomic E-state index is 11.9. The molecule has 1 saturated heterocycles. The molecule has 0 bridgehead atoms. The number of rotatable bonds is 6. The number of carbonyl (C=O) groups excluding carboxylic acids is 1. The van der Waals surface area contributed by atoms with E-state index in [0.29, 0.717) is 6.42 Å². The predicted molar refractivity (Wildman–Crippen MR) is 74.8 cm³/mol. The molecule has 1 aromatic rings. The minimum absolute atomic E-state index is 0.279. The van der Waals surface area contributed by atoms with Crippen molar-refractivity contribution in [2.45, 2.75) is 32.6 Å². The lowest BCUT2D eigenvalue weighted by atomic mass is 10.1. The quantitative estimate of drug-likeness (QED) is 0.716. The summed E-state index contributed by atoms with van der Waals surface area (Å²) in [6.07, 6.45) is 4.30. The number of likely N-dealkylation sites (tertiary alicyclic amines) is 1. The summed E-state index contributed by atoms with van der Waals surface area (Å²) in [6.45, 7) is 5.80. The van der Waals surface area contributed by atoms with Crippen molar-refractivity contribution in [3.05, 3.63) is 35.9 Å². The van der Waals surface area contributed by atoms with E-state index in [2.05, 4.69) is 11.8 Å². The van der Waals surface area contributed by atoms with Crippen molar-refractivity contribution >= 4 is 5.78 Å². The first-order chi connectivity index (χ1) is 8.79. The second-order valence-electron chi connectivity index (χ2n) is 5.26. The lowest BCUT2D eigenvalue weighted by Gasteiger charge is -2.15. The molecule has 1 fully saturated rings. The third-order valence-electron chi connectivity index (χ3n) is 3.92. The normalized spacial score (nSPS) is 20.2. The SMILES string of the molecule is CCC1CCN(CCCC(=O)c2ccccc2)C1. The predicted octanol–water partition coefficient (Wildman–Crippen LogP) is 3.38. The first-order valence-electron chi connectivity index (χ1n) is 7.10. The van der Waals surface area contributed by atoms with Gasteiger partial charge in [-0.1, -0.05) is 43.7 Å². The lowest BCUT2D eigenvalue weighted by molar-refractivity contribution is 0.0976. The van der Waals surface area contributed by atoms with Crippen LogP contribution in [-0.2, 0) is 0 Å². The lowest BCUT2D eigenvalue weighted by Crippen LogP contribution is -2.22. The molecule has 0 radical (unpaired) electrons. The summed E-state index contributed by atoms with van der Waals surface area (Å²) in [5.41, 5.74) is 0.852. The summed E-state index contributed by atoms with van der Waals surface area (Å²) in [7, 11) is 0. The molecule has 0 amide bonds. The molecule has 1 heterocycles. The van der Waals surface area contributed by atoms with Gasteiger partial charge in [-0.15, -0.1) is 0 Å². The summed E-state index contributed by atoms with van der Waals surface area (Å²) >= 11 is 0. The Kier molecular flexibility index (Phi) is 4.94. The second kappa shape index (κ2) is 6.69. The Morgan fingerprint density at radius 2 is 2.11 bits per heavy atom. The number of carbonyl (C=O) groups is 1. The molecule has 2 heteroatoms. The van der Waals surface area contributed by atoms with E-state index >= 15 is 0 Å². The van der Waals surface area contributed by atoms with Gasteiger partial charge in [-0.25, -0.2) is 0 Å². The third kappa shape index (κ3) is 3.67. The molecule has 1 aliphatic rings. The maximum Gasteiger partial charge on any atom is 0.162 e. The first-order valence-corrected chi connectivity index (χ1v) is 7.10. The van der Waals surface area contributed by atoms with Crippen molar-refractivity contribution in [3.8, 4) is 0 Å². The zero-order chi connectivity index (χ0) is 12.8. The number of hydrogen-bond acceptors (Lipinski definition) is 2. The van der Waals surface area contributed by atoms with Gasteiger partial charge in [0.25, 0.3) is 0 Å². The molecule has 1 aliphatic heterocycles. The molecular formula is C16H23NO. The molecule has 1 aromatic carbocycles. The van der Waals surface area contributed by atoms with Gasteiger partial charge in [0.1, 0.15) is 0 Å². The molecule has 2 nitrogen and oxygen atoms in total. The van der Waals surface area contributed by atoms with Crippen molar-refractivity contribution in [3.63, 3.8) is 0 Å². The van der Waals surface area contributed by atoms with Crippen LogP contribution in [0.5, 0.6) is 0 Å². The Morgan fingerprint density at radius 1 is 1.33 bits per heavy atom. The molecule has 0 N–H and O–H groups in total. The largest absolute Gasteiger partial charge is 0.303 e. The van der Waals surface area contributed by atoms with Gasteiger partial charge in [-0.3, -0.25) is 4.79 Å². The highest BCUT2D eigenvalue weighted by molar-refractivity contribution is 5.95. The topological polar surface area (TPSA) is 20.3 Å². The Labute approximate surface area is 110 Å². The van der Waals surface area contributed by atoms with E-state index in [-0.39, 0.29) is 5.78 Å². The van der Waals surface area contributed by atoms with Crippen LogP contribution in [0, 0.1) is 5.92 Å². The van der Waals surface area contributed by atoms with Crippen LogP contribution < -0.4 is 0 Å². The second-order valence-corrected chi connectivity index (χ2v) is 5.26. The average molecular weight is 245 g/mol. The minimum atomic E-state index is 0.279. The van der Waals surface area contributed by atoms with Crippen LogP contribution in [0.15, 0.2) is 30.3 Å². The molecular weight excluding hydrogens is 222 g/mol. The minimum Gasteiger partial charge on any atom is -0.303 e. The molecule has 0 saturated carbocycles. The molecule has 1 atom stereocenters. The van der Waals surface area contributed by atoms with E-state index < -0.39 is 0 Å². The number of Topliss-reactive ketones (excluding diaryl/α,β-unsaturated/α-hetero) is 1. The summed E-state index contributed by atoms with van der Waals surface area (Å²) in [5, 5.41) is 0. The Morgan fingerprint density at radius 3 is 2.78 bits per heavy atom. The van der Waals surface area contributed by atoms with Gasteiger partial charge in [0.15, 0.2) is 5.78 Å². The van der Waals surface area contributed by atoms with Gasteiger partial charge in [-0.2, -0.15) is 0 Å². The molecule has 0 aromatic heterocycles. The summed E-state index contributed by atoms with van der Waals surface area (Å²) < 4.78 is 0. The van der Waals surface area contributed by atoms with E-state index in [1.807, 2.05) is 30.3 Å². The zero-order valence-corrected chi connectivity index (χ0v) is 11.3. The van der Waals surface area contributed by atoms with E-state index in [0.717, 1.165) is 24.4 Å². The van der Waals surface area contributed by atoms with Crippen molar-refractivity contribution in [1.82, 2.24) is 4.90 Å². The molecule has 0 aliphatic carbocycles. The van der Waals surface area contributed by atoms with Gasteiger partial charge in [-0.05, 0) is 31.8 Å². The maximum absolute atomic E-state index is 11.9. The van der Waals surface area contributed by atoms with Crippen molar-refractivity contribution in [2.24, 2.45) is 5.92 Å². The van der Waals surface area contributed by atoms with Gasteiger partial charge in [0, 0.05) is 18.5 Å². The highest BCUT2D eigenvalue weighted by atomic mass is 16.1. The van der Waals surface area contributed by atoms with E-state index in [1.54, 1.807) is 0 Å². The fourth-order valence-corrected chi connectivity index (χ4v) is 2.68. The van der Waals surface area contributed by atoms with E-state index in [4.69, 9.17) is 0 Å². The summed E-state index contributed by atoms with van der Waals surface area (Å²) in [5.74, 6) is 1.16. The molecule has 98 valence electrons. The van der Waals surface area contributed by atoms with Gasteiger partial charge < -0.3 is 4.90 Å². The van der Waals surface area contributed by atoms with Gasteiger partial charge >= 0.3 is 0 Å². The third-order valence-corrected chi connectivity index (χ3v) is 3.92. The van der Waals surface area contributed by atoms with Crippen LogP contribution >= 0.6 is 0 Å². The van der Waals surface area contributed by atoms with Crippen molar-refractivity contribution < 1.29 is 4.79 Å². The fourth-order valence-electron chi connectivity index (χ4n) is 2.68. The average Bonchev–Trinajstić information content (AvgIpc) is 2.87. The Bertz CT molecular complexity index is 374. The number of nitrogens with zero attached hydrogens (tertiary/aromatic N) is 1. The van der Waals surface area contributed by atoms with Gasteiger partial charge in [0.05, 0.1) is 0 Å². The van der Waals surface area contributed by atoms with Crippen LogP contribution in [0.1, 0.15) is 43.0 Å². The standard InChI is InChI=1S/C16H23NO/c1-2-14-10-12-17(13-14)11-6-9-16(18)15-7-4-3-5-8-15/h3-5,7-8,14H,2,6,9-13H2,1H3. The molecule has 0 spiro atoms. The highest BCUT2D eigenvalue weighted by Crippen LogP contribution is 2.19. The number of ketones is 1. The van der Waals surface area contributed by atoms with Gasteiger partial charge in [0.2, 0.25) is 0 Å². The highest BCUT2D eigenvalue weighted by Gasteiger charge is 2.20. The van der Waals surface area contributed by atoms with Crippen molar-refractivity contribution in [2.75, 3.05) is 19.6 Å². The number of hydrogen-bond donors (Lipinski definition) is 0. The van der Waals surface area contributed by atoms with Crippen LogP contribution in [0.4, 0.5) is 0 Å². The van der Waals surface area contributed by atoms with E-state index in [9.17, 15) is 4.79 Å². The molecule has 2 rings (SSSR count). The smallest absolute Gasteiger partial charge is 0.162 e. The molecule has 18 heavy (non-hydrogen) atoms. The van der Waals surface area contributed by atoms with Crippen LogP contribution in [0.3, 0.4) is 0 Å². The Hall–Kier alpha value is -1.15. The Balaban J connectivity index is 1.68. The van der Waals surface area contributed by atoms with Crippen LogP contribution in [0.25, 0.3) is 0 Å². The summed E-state index contributed by atoms with van der Waals surface area (Å²) in [4.78, 5) is 14.4. The molecule has 1 unspecified atom stereocenters. The zero-order valence-electron chi connectivity index (χ0n) is 11.3. The van der Waals surface area contributed by atoms with Crippen molar-refractivity contribution in [1.29, 1.82) is 0 Å². The van der Waals surface area contributed by atoms with Crippen LogP contribution in [0.2, 0.25) is 0 Å². The van der Waals surface area contributed by atoms with Crippen LogP contribution in [-0.4, -0.2) is 30.3 Å². The fraction of sp³-hybridized carbons (Fsp3) is 0.562. The summed E-state index contributed by atoms with van der Waals surface area (Å²) in [6, 6.07) is 9.63.